The van der Waals surface area contributed by atoms with Crippen molar-refractivity contribution < 1.29 is 14.7 Å². The molecule has 0 aromatic carbocycles. The van der Waals surface area contributed by atoms with Crippen LogP contribution in [0.4, 0.5) is 0 Å². The van der Waals surface area contributed by atoms with E-state index in [-0.39, 0.29) is 21.9 Å². The molecule has 1 fully saturated rings. The van der Waals surface area contributed by atoms with Crippen LogP contribution in [-0.4, -0.2) is 31.4 Å². The Morgan fingerprint density at radius 3 is 2.55 bits per heavy atom. The molecular weight excluding hydrogens is 308 g/mol. The smallest absolute Gasteiger partial charge is 0.269 e. The van der Waals surface area contributed by atoms with E-state index in [1.165, 1.54) is 16.7 Å². The summed E-state index contributed by atoms with van der Waals surface area (Å²) in [7, 11) is 0. The predicted molar refractivity (Wildman–Crippen MR) is 80.0 cm³/mol. The van der Waals surface area contributed by atoms with Gasteiger partial charge in [-0.05, 0) is 30.4 Å². The number of carbonyl (C=O) groups excluding carboxylic acids is 2. The summed E-state index contributed by atoms with van der Waals surface area (Å²) >= 11 is 4.67. The van der Waals surface area contributed by atoms with Crippen molar-refractivity contribution in [2.75, 3.05) is 0 Å². The Kier molecular flexibility index (Phi) is 3.18. The van der Waals surface area contributed by atoms with Crippen molar-refractivity contribution in [3.8, 4) is 5.88 Å². The minimum absolute atomic E-state index is 0.121. The van der Waals surface area contributed by atoms with E-state index in [1.54, 1.807) is 12.1 Å². The molecule has 1 aliphatic heterocycles. The Balaban J connectivity index is 2.21. The van der Waals surface area contributed by atoms with Gasteiger partial charge in [-0.15, -0.1) is 0 Å². The summed E-state index contributed by atoms with van der Waals surface area (Å²) in [4.78, 5) is 39.7. The molecule has 110 valence electrons. The maximum atomic E-state index is 12.3. The van der Waals surface area contributed by atoms with Crippen LogP contribution in [0.2, 0.25) is 0 Å². The van der Waals surface area contributed by atoms with E-state index in [1.807, 2.05) is 0 Å². The molecule has 0 unspecified atom stereocenters. The fourth-order valence-corrected chi connectivity index (χ4v) is 2.15. The fraction of sp³-hybridized carbons (Fsp3) is 0. The van der Waals surface area contributed by atoms with Crippen LogP contribution in [0.5, 0.6) is 5.88 Å². The lowest BCUT2D eigenvalue weighted by Gasteiger charge is -2.16. The van der Waals surface area contributed by atoms with E-state index in [9.17, 15) is 19.5 Å². The van der Waals surface area contributed by atoms with E-state index < -0.39 is 23.3 Å². The molecule has 3 rings (SSSR count). The third-order valence-electron chi connectivity index (χ3n) is 2.98. The summed E-state index contributed by atoms with van der Waals surface area (Å²) in [6.45, 7) is 0. The van der Waals surface area contributed by atoms with Gasteiger partial charge in [-0.2, -0.15) is 4.98 Å². The van der Waals surface area contributed by atoms with Crippen LogP contribution in [-0.2, 0) is 9.59 Å². The first-order valence-electron chi connectivity index (χ1n) is 6.06. The Bertz CT molecular complexity index is 909. The summed E-state index contributed by atoms with van der Waals surface area (Å²) in [5.41, 5.74) is -0.981. The maximum Gasteiger partial charge on any atom is 0.269 e. The van der Waals surface area contributed by atoms with Crippen molar-refractivity contribution in [3.63, 3.8) is 0 Å². The number of thiocarbonyl (C=S) groups is 1. The van der Waals surface area contributed by atoms with Gasteiger partial charge < -0.3 is 5.11 Å². The summed E-state index contributed by atoms with van der Waals surface area (Å²) in [5.74, 6) is -2.09. The van der Waals surface area contributed by atoms with Crippen LogP contribution in [0, 0.1) is 0 Å². The van der Waals surface area contributed by atoms with Crippen molar-refractivity contribution in [3.05, 3.63) is 45.9 Å². The molecule has 2 aromatic rings. The van der Waals surface area contributed by atoms with Crippen LogP contribution in [0.25, 0.3) is 11.7 Å². The lowest BCUT2D eigenvalue weighted by atomic mass is 10.1. The number of hydrogen-bond donors (Lipinski definition) is 3. The average molecular weight is 316 g/mol. The second kappa shape index (κ2) is 5.04. The maximum absolute atomic E-state index is 12.3. The fourth-order valence-electron chi connectivity index (χ4n) is 1.97. The molecule has 9 heteroatoms. The van der Waals surface area contributed by atoms with Crippen LogP contribution >= 0.6 is 12.2 Å². The molecule has 1 aliphatic rings. The number of aromatic nitrogens is 2. The Morgan fingerprint density at radius 1 is 1.18 bits per heavy atom. The van der Waals surface area contributed by atoms with Gasteiger partial charge in [-0.3, -0.25) is 29.4 Å². The highest BCUT2D eigenvalue weighted by atomic mass is 32.1. The minimum atomic E-state index is -0.759. The van der Waals surface area contributed by atoms with E-state index >= 15 is 0 Å². The van der Waals surface area contributed by atoms with Crippen LogP contribution in [0.1, 0.15) is 5.56 Å². The van der Waals surface area contributed by atoms with Gasteiger partial charge in [0, 0.05) is 6.20 Å². The molecule has 0 spiro atoms. The van der Waals surface area contributed by atoms with Crippen molar-refractivity contribution >= 4 is 40.9 Å². The normalized spacial score (nSPS) is 14.7. The Labute approximate surface area is 128 Å². The SMILES string of the molecule is O=C1NC(=S)NC(=O)C1=Cc1c(O)nc2ccccn2c1=O. The molecule has 0 radical (unpaired) electrons. The number of aromatic hydroxyl groups is 1. The zero-order chi connectivity index (χ0) is 15.9. The van der Waals surface area contributed by atoms with Crippen molar-refractivity contribution in [2.24, 2.45) is 0 Å². The molecule has 22 heavy (non-hydrogen) atoms. The Hall–Kier alpha value is -3.07. The van der Waals surface area contributed by atoms with Crippen LogP contribution < -0.4 is 16.2 Å². The molecule has 1 saturated heterocycles. The number of pyridine rings is 1. The van der Waals surface area contributed by atoms with Crippen LogP contribution in [0.15, 0.2) is 34.8 Å². The molecule has 0 bridgehead atoms. The summed E-state index contributed by atoms with van der Waals surface area (Å²) in [6.07, 6.45) is 2.44. The average Bonchev–Trinajstić information content (AvgIpc) is 2.45. The number of nitrogens with zero attached hydrogens (tertiary/aromatic N) is 2. The number of hydrogen-bond acceptors (Lipinski definition) is 6. The molecule has 2 aromatic heterocycles. The first-order chi connectivity index (χ1) is 10.5. The number of amides is 2. The topological polar surface area (TPSA) is 113 Å². The molecule has 3 N–H and O–H groups in total. The standard InChI is InChI=1S/C13H8N4O4S/c18-9-6(10(19)16-13(22)15-9)5-7-11(20)14-8-3-1-2-4-17(8)12(7)21/h1-5,20H,(H2,15,16,18,19,22). The zero-order valence-corrected chi connectivity index (χ0v) is 11.7. The lowest BCUT2D eigenvalue weighted by molar-refractivity contribution is -0.123. The second-order valence-corrected chi connectivity index (χ2v) is 4.79. The Morgan fingerprint density at radius 2 is 1.86 bits per heavy atom. The number of carbonyl (C=O) groups is 2. The highest BCUT2D eigenvalue weighted by Gasteiger charge is 2.27. The van der Waals surface area contributed by atoms with Gasteiger partial charge in [-0.1, -0.05) is 6.07 Å². The van der Waals surface area contributed by atoms with Crippen molar-refractivity contribution in [1.82, 2.24) is 20.0 Å². The highest BCUT2D eigenvalue weighted by molar-refractivity contribution is 7.80. The van der Waals surface area contributed by atoms with Gasteiger partial charge in [0.25, 0.3) is 17.4 Å². The molecule has 0 saturated carbocycles. The number of rotatable bonds is 1. The molecule has 0 atom stereocenters. The summed E-state index contributed by atoms with van der Waals surface area (Å²) in [5, 5.41) is 14.2. The monoisotopic (exact) mass is 316 g/mol. The highest BCUT2D eigenvalue weighted by Crippen LogP contribution is 2.15. The van der Waals surface area contributed by atoms with Crippen LogP contribution in [0.3, 0.4) is 0 Å². The third-order valence-corrected chi connectivity index (χ3v) is 3.19. The molecule has 0 aliphatic carbocycles. The molecule has 3 heterocycles. The van der Waals surface area contributed by atoms with Gasteiger partial charge in [0.15, 0.2) is 5.11 Å². The van der Waals surface area contributed by atoms with E-state index in [0.29, 0.717) is 0 Å². The first-order valence-corrected chi connectivity index (χ1v) is 6.47. The van der Waals surface area contributed by atoms with Gasteiger partial charge in [0.05, 0.1) is 0 Å². The molecule has 8 nitrogen and oxygen atoms in total. The predicted octanol–water partition coefficient (Wildman–Crippen LogP) is -0.686. The van der Waals surface area contributed by atoms with Gasteiger partial charge >= 0.3 is 0 Å². The zero-order valence-electron chi connectivity index (χ0n) is 10.9. The molecule has 2 amide bonds. The van der Waals surface area contributed by atoms with Crippen molar-refractivity contribution in [2.45, 2.75) is 0 Å². The second-order valence-electron chi connectivity index (χ2n) is 4.38. The largest absolute Gasteiger partial charge is 0.493 e. The molecular formula is C13H8N4O4S. The van der Waals surface area contributed by atoms with Gasteiger partial charge in [-0.25, -0.2) is 0 Å². The van der Waals surface area contributed by atoms with Gasteiger partial charge in [0.2, 0.25) is 5.88 Å². The minimum Gasteiger partial charge on any atom is -0.493 e. The van der Waals surface area contributed by atoms with E-state index in [2.05, 4.69) is 27.8 Å². The third kappa shape index (κ3) is 2.23. The lowest BCUT2D eigenvalue weighted by Crippen LogP contribution is -2.51. The van der Waals surface area contributed by atoms with Crippen molar-refractivity contribution in [1.29, 1.82) is 0 Å². The van der Waals surface area contributed by atoms with E-state index in [4.69, 9.17) is 0 Å². The summed E-state index contributed by atoms with van der Waals surface area (Å²) in [6, 6.07) is 4.81. The van der Waals surface area contributed by atoms with E-state index in [0.717, 1.165) is 6.08 Å². The number of fused-ring (bicyclic) bond motifs is 1. The summed E-state index contributed by atoms with van der Waals surface area (Å²) < 4.78 is 1.19. The first kappa shape index (κ1) is 13.9. The quantitative estimate of drug-likeness (QED) is 0.365. The number of nitrogens with one attached hydrogen (secondary N) is 2. The van der Waals surface area contributed by atoms with Gasteiger partial charge in [0.1, 0.15) is 16.8 Å².